The number of ether oxygens (including phenoxy) is 2. The summed E-state index contributed by atoms with van der Waals surface area (Å²) in [5.41, 5.74) is 0.983. The maximum Gasteiger partial charge on any atom is 0.225 e. The molecule has 1 saturated heterocycles. The lowest BCUT2D eigenvalue weighted by Crippen LogP contribution is -2.55. The summed E-state index contributed by atoms with van der Waals surface area (Å²) in [4.78, 5) is 11.2. The monoisotopic (exact) mass is 303 g/mol. The fourth-order valence-corrected chi connectivity index (χ4v) is 3.57. The number of aromatic nitrogens is 2. The minimum absolute atomic E-state index is 0.104. The number of hydrogen-bond acceptors (Lipinski definition) is 5. The molecule has 2 atom stereocenters. The van der Waals surface area contributed by atoms with E-state index in [0.29, 0.717) is 12.5 Å². The van der Waals surface area contributed by atoms with Crippen molar-refractivity contribution >= 4 is 5.95 Å². The molecule has 0 N–H and O–H groups in total. The third-order valence-electron chi connectivity index (χ3n) is 4.71. The molecule has 1 saturated carbocycles. The van der Waals surface area contributed by atoms with Gasteiger partial charge in [-0.25, -0.2) is 9.97 Å². The molecule has 0 aromatic carbocycles. The highest BCUT2D eigenvalue weighted by Gasteiger charge is 2.47. The van der Waals surface area contributed by atoms with Gasteiger partial charge in [0.25, 0.3) is 0 Å². The molecule has 3 rings (SSSR count). The zero-order chi connectivity index (χ0) is 15.4. The third kappa shape index (κ3) is 3.15. The van der Waals surface area contributed by atoms with Crippen molar-refractivity contribution in [3.8, 4) is 0 Å². The van der Waals surface area contributed by atoms with Gasteiger partial charge >= 0.3 is 0 Å². The smallest absolute Gasteiger partial charge is 0.225 e. The van der Waals surface area contributed by atoms with Gasteiger partial charge in [0.1, 0.15) is 0 Å². The van der Waals surface area contributed by atoms with Gasteiger partial charge in [-0.2, -0.15) is 0 Å². The molecular weight excluding hydrogens is 278 g/mol. The summed E-state index contributed by atoms with van der Waals surface area (Å²) in [6, 6.07) is 0. The number of aryl methyl sites for hydroxylation is 1. The first kappa shape index (κ1) is 15.4. The van der Waals surface area contributed by atoms with Crippen LogP contribution >= 0.6 is 0 Å². The Kier molecular flexibility index (Phi) is 4.74. The second kappa shape index (κ2) is 6.75. The molecule has 1 aliphatic heterocycles. The van der Waals surface area contributed by atoms with Crippen LogP contribution in [0.4, 0.5) is 5.95 Å². The van der Waals surface area contributed by atoms with E-state index in [-0.39, 0.29) is 5.60 Å². The molecule has 1 aromatic rings. The van der Waals surface area contributed by atoms with Gasteiger partial charge in [-0.1, -0.05) is 12.5 Å². The molecule has 0 radical (unpaired) electrons. The van der Waals surface area contributed by atoms with E-state index >= 15 is 0 Å². The Morgan fingerprint density at radius 2 is 2.32 bits per heavy atom. The summed E-state index contributed by atoms with van der Waals surface area (Å²) in [6.07, 6.45) is 9.02. The van der Waals surface area contributed by atoms with E-state index in [0.717, 1.165) is 44.2 Å². The van der Waals surface area contributed by atoms with Crippen LogP contribution in [0, 0.1) is 12.8 Å². The molecule has 120 valence electrons. The normalized spacial score (nSPS) is 28.2. The maximum absolute atomic E-state index is 6.24. The Morgan fingerprint density at radius 3 is 3.09 bits per heavy atom. The fourth-order valence-electron chi connectivity index (χ4n) is 3.57. The maximum atomic E-state index is 6.24. The first-order chi connectivity index (χ1) is 10.7. The van der Waals surface area contributed by atoms with Gasteiger partial charge < -0.3 is 14.4 Å². The van der Waals surface area contributed by atoms with E-state index in [9.17, 15) is 0 Å². The molecule has 1 spiro atoms. The summed E-state index contributed by atoms with van der Waals surface area (Å²) in [6.45, 7) is 9.51. The second-order valence-electron chi connectivity index (χ2n) is 6.31. The lowest BCUT2D eigenvalue weighted by molar-refractivity contribution is -0.0975. The molecule has 1 aliphatic carbocycles. The van der Waals surface area contributed by atoms with Crippen molar-refractivity contribution in [2.75, 3.05) is 37.8 Å². The van der Waals surface area contributed by atoms with Crippen molar-refractivity contribution in [3.63, 3.8) is 0 Å². The van der Waals surface area contributed by atoms with Gasteiger partial charge in [-0.3, -0.25) is 0 Å². The minimum atomic E-state index is -0.104. The number of anilines is 1. The minimum Gasteiger partial charge on any atom is -0.377 e. The van der Waals surface area contributed by atoms with Crippen molar-refractivity contribution in [1.82, 2.24) is 9.97 Å². The van der Waals surface area contributed by atoms with Crippen LogP contribution in [0.5, 0.6) is 0 Å². The van der Waals surface area contributed by atoms with Crippen LogP contribution in [-0.2, 0) is 9.47 Å². The molecule has 2 aliphatic rings. The molecule has 0 bridgehead atoms. The predicted octanol–water partition coefficient (Wildman–Crippen LogP) is 2.36. The van der Waals surface area contributed by atoms with Crippen molar-refractivity contribution in [2.45, 2.75) is 31.8 Å². The van der Waals surface area contributed by atoms with Crippen molar-refractivity contribution < 1.29 is 9.47 Å². The Labute approximate surface area is 132 Å². The number of morpholine rings is 1. The van der Waals surface area contributed by atoms with E-state index in [1.165, 1.54) is 12.8 Å². The molecular formula is C17H25N3O2. The van der Waals surface area contributed by atoms with Crippen LogP contribution in [0.2, 0.25) is 0 Å². The highest BCUT2D eigenvalue weighted by Crippen LogP contribution is 2.41. The number of rotatable bonds is 5. The summed E-state index contributed by atoms with van der Waals surface area (Å²) >= 11 is 0. The number of nitrogens with zero attached hydrogens (tertiary/aromatic N) is 3. The largest absolute Gasteiger partial charge is 0.377 e. The Balaban J connectivity index is 1.70. The van der Waals surface area contributed by atoms with Crippen molar-refractivity contribution in [1.29, 1.82) is 0 Å². The van der Waals surface area contributed by atoms with E-state index in [1.807, 2.05) is 19.3 Å². The summed E-state index contributed by atoms with van der Waals surface area (Å²) in [5, 5.41) is 0. The molecule has 5 nitrogen and oxygen atoms in total. The topological polar surface area (TPSA) is 47.5 Å². The lowest BCUT2D eigenvalue weighted by Gasteiger charge is -2.44. The van der Waals surface area contributed by atoms with Crippen molar-refractivity contribution in [2.24, 2.45) is 5.92 Å². The highest BCUT2D eigenvalue weighted by atomic mass is 16.5. The third-order valence-corrected chi connectivity index (χ3v) is 4.71. The SMILES string of the molecule is C=CCOC[C@@H]1CCC[C@@]12CN(c1ncc(C)cn1)CCO2. The van der Waals surface area contributed by atoms with E-state index in [1.54, 1.807) is 6.08 Å². The molecule has 2 fully saturated rings. The second-order valence-corrected chi connectivity index (χ2v) is 6.31. The lowest BCUT2D eigenvalue weighted by atomic mass is 9.89. The molecule has 5 heteroatoms. The van der Waals surface area contributed by atoms with Gasteiger partial charge in [0, 0.05) is 24.9 Å². The van der Waals surface area contributed by atoms with Crippen LogP contribution in [0.15, 0.2) is 25.0 Å². The summed E-state index contributed by atoms with van der Waals surface area (Å²) < 4.78 is 11.9. The first-order valence-corrected chi connectivity index (χ1v) is 8.10. The summed E-state index contributed by atoms with van der Waals surface area (Å²) in [7, 11) is 0. The molecule has 22 heavy (non-hydrogen) atoms. The molecule has 0 unspecified atom stereocenters. The molecule has 0 amide bonds. The van der Waals surface area contributed by atoms with Crippen molar-refractivity contribution in [3.05, 3.63) is 30.6 Å². The zero-order valence-electron chi connectivity index (χ0n) is 13.3. The number of hydrogen-bond donors (Lipinski definition) is 0. The van der Waals surface area contributed by atoms with Crippen LogP contribution in [-0.4, -0.2) is 48.5 Å². The standard InChI is InChI=1S/C17H25N3O2/c1-3-8-21-12-15-5-4-6-17(15)13-20(7-9-22-17)16-18-10-14(2)11-19-16/h3,10-11,15H,1,4-9,12-13H2,2H3/t15-,17+/m0/s1. The zero-order valence-corrected chi connectivity index (χ0v) is 13.3. The fraction of sp³-hybridized carbons (Fsp3) is 0.647. The van der Waals surface area contributed by atoms with E-state index in [2.05, 4.69) is 21.4 Å². The quantitative estimate of drug-likeness (QED) is 0.617. The first-order valence-electron chi connectivity index (χ1n) is 8.10. The Morgan fingerprint density at radius 1 is 1.50 bits per heavy atom. The van der Waals surface area contributed by atoms with Crippen LogP contribution in [0.1, 0.15) is 24.8 Å². The van der Waals surface area contributed by atoms with Crippen LogP contribution < -0.4 is 4.90 Å². The van der Waals surface area contributed by atoms with Gasteiger partial charge in [0.05, 0.1) is 32.0 Å². The average Bonchev–Trinajstić information content (AvgIpc) is 2.90. The Bertz CT molecular complexity index is 505. The molecule has 1 aromatic heterocycles. The molecule has 2 heterocycles. The Hall–Kier alpha value is -1.46. The summed E-state index contributed by atoms with van der Waals surface area (Å²) in [5.74, 6) is 1.26. The van der Waals surface area contributed by atoms with Crippen LogP contribution in [0.25, 0.3) is 0 Å². The highest BCUT2D eigenvalue weighted by molar-refractivity contribution is 5.32. The predicted molar refractivity (Wildman–Crippen MR) is 86.0 cm³/mol. The van der Waals surface area contributed by atoms with Gasteiger partial charge in [-0.15, -0.1) is 6.58 Å². The van der Waals surface area contributed by atoms with Gasteiger partial charge in [0.15, 0.2) is 0 Å². The van der Waals surface area contributed by atoms with E-state index in [4.69, 9.17) is 9.47 Å². The van der Waals surface area contributed by atoms with Gasteiger partial charge in [0.2, 0.25) is 5.95 Å². The van der Waals surface area contributed by atoms with E-state index < -0.39 is 0 Å². The van der Waals surface area contributed by atoms with Gasteiger partial charge in [-0.05, 0) is 25.3 Å². The average molecular weight is 303 g/mol. The van der Waals surface area contributed by atoms with Crippen LogP contribution in [0.3, 0.4) is 0 Å².